The molecule has 1 aliphatic heterocycles. The molecule has 1 aliphatic rings. The molecule has 0 spiro atoms. The Morgan fingerprint density at radius 1 is 1.18 bits per heavy atom. The molecule has 0 saturated carbocycles. The first kappa shape index (κ1) is 15.2. The van der Waals surface area contributed by atoms with Crippen LogP contribution in [-0.4, -0.2) is 28.9 Å². The van der Waals surface area contributed by atoms with Gasteiger partial charge in [-0.15, -0.1) is 11.3 Å². The summed E-state index contributed by atoms with van der Waals surface area (Å²) in [5.41, 5.74) is 2.89. The molecule has 2 heterocycles. The molecule has 2 unspecified atom stereocenters. The molecule has 1 fully saturated rings. The van der Waals surface area contributed by atoms with Crippen LogP contribution in [0.4, 0.5) is 0 Å². The molecule has 1 saturated heterocycles. The van der Waals surface area contributed by atoms with Gasteiger partial charge in [0.2, 0.25) is 0 Å². The van der Waals surface area contributed by atoms with Gasteiger partial charge in [-0.25, -0.2) is 4.98 Å². The number of amides is 1. The summed E-state index contributed by atoms with van der Waals surface area (Å²) in [6, 6.07) is 8.28. The molecule has 3 rings (SSSR count). The van der Waals surface area contributed by atoms with Gasteiger partial charge in [-0.2, -0.15) is 0 Å². The lowest BCUT2D eigenvalue weighted by Crippen LogP contribution is -2.42. The Balaban J connectivity index is 1.78. The van der Waals surface area contributed by atoms with E-state index in [-0.39, 0.29) is 5.91 Å². The molecule has 1 aromatic heterocycles. The van der Waals surface area contributed by atoms with E-state index in [0.29, 0.717) is 17.5 Å². The monoisotopic (exact) mass is 314 g/mol. The third-order valence-corrected chi connectivity index (χ3v) is 5.07. The average molecular weight is 314 g/mol. The number of likely N-dealkylation sites (tertiary alicyclic amines) is 1. The van der Waals surface area contributed by atoms with Crippen molar-refractivity contribution >= 4 is 17.2 Å². The smallest absolute Gasteiger partial charge is 0.273 e. The van der Waals surface area contributed by atoms with Crippen LogP contribution in [0.1, 0.15) is 36.3 Å². The highest BCUT2D eigenvalue weighted by Crippen LogP contribution is 2.26. The number of aromatic nitrogens is 1. The van der Waals surface area contributed by atoms with Gasteiger partial charge in [0.05, 0.1) is 0 Å². The van der Waals surface area contributed by atoms with Crippen LogP contribution in [0.2, 0.25) is 0 Å². The first-order valence-electron chi connectivity index (χ1n) is 7.84. The van der Waals surface area contributed by atoms with E-state index in [4.69, 9.17) is 0 Å². The first-order valence-corrected chi connectivity index (χ1v) is 8.72. The molecule has 116 valence electrons. The van der Waals surface area contributed by atoms with Gasteiger partial charge in [0, 0.05) is 24.0 Å². The lowest BCUT2D eigenvalue weighted by molar-refractivity contribution is 0.0618. The maximum atomic E-state index is 12.7. The standard InChI is InChI=1S/C18H22N2OS/c1-12-4-6-15(7-5-12)17-19-16(11-22-17)18(21)20-9-13(2)8-14(3)10-20/h4-7,11,13-14H,8-10H2,1-3H3. The van der Waals surface area contributed by atoms with Gasteiger partial charge >= 0.3 is 0 Å². The Morgan fingerprint density at radius 3 is 2.45 bits per heavy atom. The van der Waals surface area contributed by atoms with E-state index in [0.717, 1.165) is 23.7 Å². The largest absolute Gasteiger partial charge is 0.337 e. The summed E-state index contributed by atoms with van der Waals surface area (Å²) >= 11 is 1.54. The molecular weight excluding hydrogens is 292 g/mol. The fourth-order valence-electron chi connectivity index (χ4n) is 3.19. The van der Waals surface area contributed by atoms with Crippen molar-refractivity contribution in [3.8, 4) is 10.6 Å². The molecular formula is C18H22N2OS. The van der Waals surface area contributed by atoms with Crippen molar-refractivity contribution in [1.29, 1.82) is 0 Å². The maximum Gasteiger partial charge on any atom is 0.273 e. The van der Waals surface area contributed by atoms with E-state index in [1.807, 2.05) is 10.3 Å². The minimum absolute atomic E-state index is 0.0769. The zero-order valence-electron chi connectivity index (χ0n) is 13.4. The van der Waals surface area contributed by atoms with Crippen LogP contribution in [0.15, 0.2) is 29.6 Å². The minimum Gasteiger partial charge on any atom is -0.337 e. The van der Waals surface area contributed by atoms with Crippen LogP contribution in [0, 0.1) is 18.8 Å². The number of hydrogen-bond donors (Lipinski definition) is 0. The lowest BCUT2D eigenvalue weighted by atomic mass is 9.92. The quantitative estimate of drug-likeness (QED) is 0.831. The maximum absolute atomic E-state index is 12.7. The summed E-state index contributed by atoms with van der Waals surface area (Å²) in [7, 11) is 0. The molecule has 22 heavy (non-hydrogen) atoms. The number of rotatable bonds is 2. The highest BCUT2D eigenvalue weighted by Gasteiger charge is 2.27. The topological polar surface area (TPSA) is 33.2 Å². The van der Waals surface area contributed by atoms with Crippen molar-refractivity contribution in [2.75, 3.05) is 13.1 Å². The van der Waals surface area contributed by atoms with E-state index in [1.54, 1.807) is 11.3 Å². The van der Waals surface area contributed by atoms with Gasteiger partial charge in [0.25, 0.3) is 5.91 Å². The fourth-order valence-corrected chi connectivity index (χ4v) is 3.99. The van der Waals surface area contributed by atoms with Gasteiger partial charge in [-0.1, -0.05) is 43.7 Å². The number of benzene rings is 1. The summed E-state index contributed by atoms with van der Waals surface area (Å²) in [5.74, 6) is 1.22. The summed E-state index contributed by atoms with van der Waals surface area (Å²) in [5, 5.41) is 2.81. The third kappa shape index (κ3) is 3.22. The third-order valence-electron chi connectivity index (χ3n) is 4.18. The Hall–Kier alpha value is -1.68. The molecule has 2 atom stereocenters. The zero-order valence-corrected chi connectivity index (χ0v) is 14.2. The summed E-state index contributed by atoms with van der Waals surface area (Å²) in [6.07, 6.45) is 1.20. The van der Waals surface area contributed by atoms with Gasteiger partial charge in [0.1, 0.15) is 10.7 Å². The molecule has 2 aromatic rings. The van der Waals surface area contributed by atoms with Crippen molar-refractivity contribution in [2.24, 2.45) is 11.8 Å². The summed E-state index contributed by atoms with van der Waals surface area (Å²) < 4.78 is 0. The van der Waals surface area contributed by atoms with Crippen molar-refractivity contribution in [1.82, 2.24) is 9.88 Å². The molecule has 0 N–H and O–H groups in total. The van der Waals surface area contributed by atoms with Crippen LogP contribution in [0.5, 0.6) is 0 Å². The predicted octanol–water partition coefficient (Wildman–Crippen LogP) is 4.24. The predicted molar refractivity (Wildman–Crippen MR) is 91.1 cm³/mol. The van der Waals surface area contributed by atoms with Crippen molar-refractivity contribution in [3.05, 3.63) is 40.9 Å². The Kier molecular flexibility index (Phi) is 4.30. The highest BCUT2D eigenvalue weighted by atomic mass is 32.1. The molecule has 0 bridgehead atoms. The molecule has 0 aliphatic carbocycles. The number of aryl methyl sites for hydroxylation is 1. The number of carbonyl (C=O) groups is 1. The van der Waals surface area contributed by atoms with Crippen LogP contribution in [0.25, 0.3) is 10.6 Å². The van der Waals surface area contributed by atoms with Crippen LogP contribution < -0.4 is 0 Å². The normalized spacial score (nSPS) is 21.9. The summed E-state index contributed by atoms with van der Waals surface area (Å²) in [4.78, 5) is 19.2. The van der Waals surface area contributed by atoms with Crippen molar-refractivity contribution < 1.29 is 4.79 Å². The van der Waals surface area contributed by atoms with Gasteiger partial charge in [-0.05, 0) is 25.2 Å². The molecule has 0 radical (unpaired) electrons. The summed E-state index contributed by atoms with van der Waals surface area (Å²) in [6.45, 7) is 8.20. The van der Waals surface area contributed by atoms with E-state index >= 15 is 0 Å². The molecule has 3 nitrogen and oxygen atoms in total. The number of thiazole rings is 1. The van der Waals surface area contributed by atoms with Crippen LogP contribution in [-0.2, 0) is 0 Å². The SMILES string of the molecule is Cc1ccc(-c2nc(C(=O)N3CC(C)CC(C)C3)cs2)cc1. The van der Waals surface area contributed by atoms with Crippen LogP contribution >= 0.6 is 11.3 Å². The number of hydrogen-bond acceptors (Lipinski definition) is 3. The van der Waals surface area contributed by atoms with Crippen LogP contribution in [0.3, 0.4) is 0 Å². The highest BCUT2D eigenvalue weighted by molar-refractivity contribution is 7.13. The Labute approximate surface area is 136 Å². The second-order valence-corrected chi connectivity index (χ2v) is 7.42. The second-order valence-electron chi connectivity index (χ2n) is 6.56. The zero-order chi connectivity index (χ0) is 15.7. The second kappa shape index (κ2) is 6.21. The lowest BCUT2D eigenvalue weighted by Gasteiger charge is -2.34. The Morgan fingerprint density at radius 2 is 1.82 bits per heavy atom. The molecule has 1 aromatic carbocycles. The van der Waals surface area contributed by atoms with Crippen molar-refractivity contribution in [2.45, 2.75) is 27.2 Å². The Bertz CT molecular complexity index is 652. The average Bonchev–Trinajstić information content (AvgIpc) is 2.96. The van der Waals surface area contributed by atoms with Crippen molar-refractivity contribution in [3.63, 3.8) is 0 Å². The number of piperidine rings is 1. The van der Waals surface area contributed by atoms with E-state index in [2.05, 4.69) is 50.0 Å². The van der Waals surface area contributed by atoms with E-state index in [9.17, 15) is 4.79 Å². The first-order chi connectivity index (χ1) is 10.5. The van der Waals surface area contributed by atoms with Gasteiger partial charge in [0.15, 0.2) is 0 Å². The minimum atomic E-state index is 0.0769. The van der Waals surface area contributed by atoms with Gasteiger partial charge in [-0.3, -0.25) is 4.79 Å². The van der Waals surface area contributed by atoms with Gasteiger partial charge < -0.3 is 4.90 Å². The number of nitrogens with zero attached hydrogens (tertiary/aromatic N) is 2. The fraction of sp³-hybridized carbons (Fsp3) is 0.444. The van der Waals surface area contributed by atoms with E-state index < -0.39 is 0 Å². The molecule has 4 heteroatoms. The number of carbonyl (C=O) groups excluding carboxylic acids is 1. The molecule has 1 amide bonds. The van der Waals surface area contributed by atoms with E-state index in [1.165, 1.54) is 12.0 Å².